The molecule has 128 valence electrons. The average Bonchev–Trinajstić information content (AvgIpc) is 3.23. The van der Waals surface area contributed by atoms with Gasteiger partial charge in [-0.2, -0.15) is 0 Å². The summed E-state index contributed by atoms with van der Waals surface area (Å²) in [6, 6.07) is 25.8. The average molecular weight is 332 g/mol. The number of hydrogen-bond acceptors (Lipinski definition) is 2. The van der Waals surface area contributed by atoms with Gasteiger partial charge in [-0.25, -0.2) is 0 Å². The molecule has 1 aromatic heterocycles. The fourth-order valence-corrected chi connectivity index (χ4v) is 4.05. The summed E-state index contributed by atoms with van der Waals surface area (Å²) >= 11 is 0. The van der Waals surface area contributed by atoms with Crippen molar-refractivity contribution in [1.82, 2.24) is 9.88 Å². The highest BCUT2D eigenvalue weighted by Crippen LogP contribution is 2.38. The van der Waals surface area contributed by atoms with Gasteiger partial charge in [0.2, 0.25) is 0 Å². The Kier molecular flexibility index (Phi) is 4.68. The lowest BCUT2D eigenvalue weighted by molar-refractivity contribution is 0.229. The van der Waals surface area contributed by atoms with Gasteiger partial charge in [0.15, 0.2) is 0 Å². The van der Waals surface area contributed by atoms with Gasteiger partial charge in [0, 0.05) is 30.4 Å². The molecular weight excluding hydrogens is 308 g/mol. The first kappa shape index (κ1) is 16.1. The first-order chi connectivity index (χ1) is 12.4. The summed E-state index contributed by atoms with van der Waals surface area (Å²) in [6.45, 7) is 0.986. The Hall–Kier alpha value is -2.36. The third-order valence-electron chi connectivity index (χ3n) is 5.27. The summed E-state index contributed by atoms with van der Waals surface area (Å²) in [6.07, 6.45) is 3.11. The van der Waals surface area contributed by atoms with E-state index in [4.69, 9.17) is 0 Å². The van der Waals surface area contributed by atoms with Crippen LogP contribution in [0.3, 0.4) is 0 Å². The third-order valence-corrected chi connectivity index (χ3v) is 5.27. The first-order valence-electron chi connectivity index (χ1n) is 8.95. The Morgan fingerprint density at radius 1 is 0.840 bits per heavy atom. The maximum absolute atomic E-state index is 10.0. The number of rotatable bonds is 6. The molecule has 4 rings (SSSR count). The van der Waals surface area contributed by atoms with Crippen molar-refractivity contribution >= 4 is 0 Å². The summed E-state index contributed by atoms with van der Waals surface area (Å²) in [5, 5.41) is 13.8. The number of fused-ring (bicyclic) bond motifs is 1. The Morgan fingerprint density at radius 2 is 1.52 bits per heavy atom. The first-order valence-corrected chi connectivity index (χ1v) is 8.95. The zero-order valence-corrected chi connectivity index (χ0v) is 14.3. The van der Waals surface area contributed by atoms with Gasteiger partial charge < -0.3 is 15.0 Å². The number of hydrogen-bond donors (Lipinski definition) is 2. The van der Waals surface area contributed by atoms with E-state index < -0.39 is 0 Å². The Balaban J connectivity index is 1.58. The molecule has 2 N–H and O–H groups in total. The lowest BCUT2D eigenvalue weighted by atomic mass is 9.92. The molecule has 0 spiro atoms. The van der Waals surface area contributed by atoms with Gasteiger partial charge in [-0.3, -0.25) is 0 Å². The standard InChI is InChI=1S/C22H24N2O/c25-16-19-20-12-7-13-24(20)21(14-17-8-3-1-4-9-17)22(19)23-15-18-10-5-2-6-11-18/h1-13,19,21-23,25H,14-16H2/t19-,21+,22-/m1/s1. The van der Waals surface area contributed by atoms with Crippen LogP contribution in [0.2, 0.25) is 0 Å². The predicted molar refractivity (Wildman–Crippen MR) is 101 cm³/mol. The van der Waals surface area contributed by atoms with E-state index >= 15 is 0 Å². The molecule has 2 aromatic carbocycles. The predicted octanol–water partition coefficient (Wildman–Crippen LogP) is 3.52. The van der Waals surface area contributed by atoms with E-state index in [0.29, 0.717) is 6.04 Å². The summed E-state index contributed by atoms with van der Waals surface area (Å²) in [5.74, 6) is 0.132. The molecular formula is C22H24N2O. The smallest absolute Gasteiger partial charge is 0.0534 e. The van der Waals surface area contributed by atoms with E-state index in [9.17, 15) is 5.11 Å². The molecule has 3 heteroatoms. The second-order valence-corrected chi connectivity index (χ2v) is 6.78. The number of benzene rings is 2. The Bertz CT molecular complexity index is 797. The fourth-order valence-electron chi connectivity index (χ4n) is 4.05. The zero-order valence-electron chi connectivity index (χ0n) is 14.3. The minimum Gasteiger partial charge on any atom is -0.396 e. The second kappa shape index (κ2) is 7.26. The molecule has 3 atom stereocenters. The summed E-state index contributed by atoms with van der Waals surface area (Å²) < 4.78 is 2.34. The molecule has 3 aromatic rings. The van der Waals surface area contributed by atoms with Crippen molar-refractivity contribution in [2.75, 3.05) is 6.61 Å². The van der Waals surface area contributed by atoms with Crippen LogP contribution in [0.1, 0.15) is 28.8 Å². The van der Waals surface area contributed by atoms with Crippen molar-refractivity contribution in [3.63, 3.8) is 0 Å². The molecule has 2 heterocycles. The molecule has 0 saturated carbocycles. The van der Waals surface area contributed by atoms with Crippen molar-refractivity contribution in [3.05, 3.63) is 95.8 Å². The maximum atomic E-state index is 10.0. The molecule has 25 heavy (non-hydrogen) atoms. The van der Waals surface area contributed by atoms with Gasteiger partial charge in [0.05, 0.1) is 12.6 Å². The van der Waals surface area contributed by atoms with Crippen LogP contribution in [0.25, 0.3) is 0 Å². The third kappa shape index (κ3) is 3.26. The fraction of sp³-hybridized carbons (Fsp3) is 0.273. The zero-order chi connectivity index (χ0) is 17.1. The van der Waals surface area contributed by atoms with Crippen molar-refractivity contribution in [3.8, 4) is 0 Å². The van der Waals surface area contributed by atoms with Crippen molar-refractivity contribution < 1.29 is 5.11 Å². The molecule has 1 aliphatic heterocycles. The largest absolute Gasteiger partial charge is 0.396 e. The lowest BCUT2D eigenvalue weighted by Crippen LogP contribution is -2.38. The van der Waals surface area contributed by atoms with Crippen LogP contribution < -0.4 is 5.32 Å². The molecule has 0 bridgehead atoms. The summed E-state index contributed by atoms with van der Waals surface area (Å²) in [7, 11) is 0. The number of aliphatic hydroxyl groups is 1. The van der Waals surface area contributed by atoms with E-state index in [1.807, 2.05) is 6.07 Å². The van der Waals surface area contributed by atoms with Gasteiger partial charge in [-0.05, 0) is 29.7 Å². The molecule has 0 saturated heterocycles. The van der Waals surface area contributed by atoms with E-state index in [-0.39, 0.29) is 18.6 Å². The van der Waals surface area contributed by atoms with Crippen LogP contribution in [0.15, 0.2) is 79.0 Å². The Morgan fingerprint density at radius 3 is 2.20 bits per heavy atom. The van der Waals surface area contributed by atoms with Gasteiger partial charge in [-0.1, -0.05) is 60.7 Å². The van der Waals surface area contributed by atoms with E-state index in [1.165, 1.54) is 16.8 Å². The second-order valence-electron chi connectivity index (χ2n) is 6.78. The normalized spacial score (nSPS) is 22.0. The van der Waals surface area contributed by atoms with Gasteiger partial charge in [-0.15, -0.1) is 0 Å². The highest BCUT2D eigenvalue weighted by atomic mass is 16.3. The monoisotopic (exact) mass is 332 g/mol. The molecule has 0 aliphatic carbocycles. The van der Waals surface area contributed by atoms with Crippen molar-refractivity contribution in [2.24, 2.45) is 0 Å². The minimum atomic E-state index is 0.132. The maximum Gasteiger partial charge on any atom is 0.0534 e. The topological polar surface area (TPSA) is 37.2 Å². The van der Waals surface area contributed by atoms with E-state index in [0.717, 1.165) is 13.0 Å². The highest BCUT2D eigenvalue weighted by molar-refractivity contribution is 5.27. The van der Waals surface area contributed by atoms with E-state index in [1.54, 1.807) is 0 Å². The molecule has 0 amide bonds. The summed E-state index contributed by atoms with van der Waals surface area (Å²) in [5.41, 5.74) is 3.83. The summed E-state index contributed by atoms with van der Waals surface area (Å²) in [4.78, 5) is 0. The van der Waals surface area contributed by atoms with Crippen LogP contribution in [-0.4, -0.2) is 22.3 Å². The molecule has 3 nitrogen and oxygen atoms in total. The highest BCUT2D eigenvalue weighted by Gasteiger charge is 2.39. The quantitative estimate of drug-likeness (QED) is 0.725. The minimum absolute atomic E-state index is 0.132. The number of nitrogens with one attached hydrogen (secondary N) is 1. The van der Waals surface area contributed by atoms with Crippen LogP contribution in [0.4, 0.5) is 0 Å². The van der Waals surface area contributed by atoms with Gasteiger partial charge in [0.25, 0.3) is 0 Å². The lowest BCUT2D eigenvalue weighted by Gasteiger charge is -2.26. The number of aromatic nitrogens is 1. The van der Waals surface area contributed by atoms with Gasteiger partial charge in [0.1, 0.15) is 0 Å². The van der Waals surface area contributed by atoms with Crippen LogP contribution in [0.5, 0.6) is 0 Å². The van der Waals surface area contributed by atoms with Crippen LogP contribution >= 0.6 is 0 Å². The van der Waals surface area contributed by atoms with Gasteiger partial charge >= 0.3 is 0 Å². The molecule has 0 radical (unpaired) electrons. The molecule has 0 unspecified atom stereocenters. The van der Waals surface area contributed by atoms with Crippen LogP contribution in [0, 0.1) is 0 Å². The molecule has 1 aliphatic rings. The van der Waals surface area contributed by atoms with E-state index in [2.05, 4.69) is 82.8 Å². The van der Waals surface area contributed by atoms with Crippen LogP contribution in [-0.2, 0) is 13.0 Å². The SMILES string of the molecule is OC[C@@H]1c2cccn2[C@@H](Cc2ccccc2)[C@@H]1NCc1ccccc1. The van der Waals surface area contributed by atoms with Crippen molar-refractivity contribution in [2.45, 2.75) is 31.0 Å². The number of aliphatic hydroxyl groups excluding tert-OH is 1. The molecule has 0 fully saturated rings. The number of nitrogens with zero attached hydrogens (tertiary/aromatic N) is 1. The van der Waals surface area contributed by atoms with Crippen molar-refractivity contribution in [1.29, 1.82) is 0 Å². The Labute approximate surface area is 148 Å².